The van der Waals surface area contributed by atoms with Crippen LogP contribution in [0.4, 0.5) is 52.7 Å². The van der Waals surface area contributed by atoms with Crippen molar-refractivity contribution in [1.29, 1.82) is 0 Å². The third kappa shape index (κ3) is 34.4. The fraction of sp³-hybridized carbons (Fsp3) is 0.670. The zero-order valence-corrected chi connectivity index (χ0v) is 75.1. The van der Waals surface area contributed by atoms with Crippen LogP contribution in [0.3, 0.4) is 0 Å². The Labute approximate surface area is 727 Å². The fourth-order valence-electron chi connectivity index (χ4n) is 14.6. The van der Waals surface area contributed by atoms with Gasteiger partial charge in [0, 0.05) is 114 Å². The molecule has 6 atom stereocenters. The van der Waals surface area contributed by atoms with Gasteiger partial charge in [0.1, 0.15) is 34.5 Å². The molecule has 6 heterocycles. The predicted octanol–water partition coefficient (Wildman–Crippen LogP) is 22.1. The third-order valence-electron chi connectivity index (χ3n) is 22.4. The summed E-state index contributed by atoms with van der Waals surface area (Å²) in [5.41, 5.74) is 13.1. The van der Waals surface area contributed by atoms with Crippen molar-refractivity contribution in [2.75, 3.05) is 45.0 Å². The van der Waals surface area contributed by atoms with Gasteiger partial charge < -0.3 is 67.1 Å². The number of benzene rings is 4. The third-order valence-corrected chi connectivity index (χ3v) is 23.0. The number of ketones is 2. The minimum absolute atomic E-state index is 0. The molecule has 30 heteroatoms. The van der Waals surface area contributed by atoms with Crippen LogP contribution in [0.15, 0.2) is 28.4 Å². The number of phenols is 2. The maximum absolute atomic E-state index is 12.8. The molecule has 11 rings (SSSR count). The van der Waals surface area contributed by atoms with Crippen molar-refractivity contribution < 1.29 is 148 Å². The Hall–Kier alpha value is -5.90. The van der Waals surface area contributed by atoms with E-state index in [0.717, 1.165) is 208 Å². The second-order valence-corrected chi connectivity index (χ2v) is 32.6. The molecule has 16 nitrogen and oxygen atoms in total. The molecule has 0 saturated carbocycles. The largest absolute Gasteiger partial charge is 1.00 e. The van der Waals surface area contributed by atoms with Crippen LogP contribution >= 0.6 is 15.9 Å². The van der Waals surface area contributed by atoms with Gasteiger partial charge in [0.15, 0.2) is 49.3 Å². The number of carbonyl (C=O) groups is 2. The van der Waals surface area contributed by atoms with E-state index in [2.05, 4.69) is 62.7 Å². The topological polar surface area (TPSA) is 185 Å². The number of Topliss-reactive ketones (excluding diaryl/α,β-unsaturated/α-hetero) is 2. The number of halogens is 13. The second kappa shape index (κ2) is 50.4. The molecule has 4 aromatic carbocycles. The van der Waals surface area contributed by atoms with Crippen molar-refractivity contribution in [3.8, 4) is 46.0 Å². The first kappa shape index (κ1) is 106. The Kier molecular flexibility index (Phi) is 44.0. The molecule has 6 aliphatic heterocycles. The Morgan fingerprint density at radius 1 is 0.364 bits per heavy atom. The SMILES string of the molecule is CC1=C(C)C(=O)C(CCCC(F)(F)F)=C(C)C1=O.Cc1[c-]c(OC2CCCCO2)c(C)c(C)c1OC1CCCCO1.Cc1c(C)c(O)c(CCCC(F)(F)F)c(C)c1O.Cc1c(C)c(OC2CCCCO2)c(CCCC(F)(F)F)c(C)c1OC1CCCCO1.Cc1cc(OC2CCCCO2)c(C)c(C)c1OC1CCCCO1.FC(F)(F)CCCBr.[Li+]. The number of carbonyl (C=O) groups excluding carboxylic acids is 2. The van der Waals surface area contributed by atoms with Crippen molar-refractivity contribution >= 4 is 27.5 Å². The predicted molar refractivity (Wildman–Crippen MR) is 438 cm³/mol. The quantitative estimate of drug-likeness (QED) is 0.0178. The minimum atomic E-state index is -4.23. The van der Waals surface area contributed by atoms with Crippen molar-refractivity contribution in [2.24, 2.45) is 0 Å². The molecular formula is C91H126BrF12LiO16. The first-order valence-corrected chi connectivity index (χ1v) is 43.3. The van der Waals surface area contributed by atoms with E-state index in [1.54, 1.807) is 27.7 Å². The summed E-state index contributed by atoms with van der Waals surface area (Å²) in [6.45, 7) is 32.2. The monoisotopic (exact) mass is 1790 g/mol. The van der Waals surface area contributed by atoms with Crippen LogP contribution in [0.2, 0.25) is 0 Å². The van der Waals surface area contributed by atoms with Crippen LogP contribution in [-0.4, -0.2) is 129 Å². The maximum Gasteiger partial charge on any atom is 1.00 e. The summed E-state index contributed by atoms with van der Waals surface area (Å²) in [5.74, 6) is 4.36. The maximum atomic E-state index is 12.8. The van der Waals surface area contributed by atoms with Gasteiger partial charge in [-0.3, -0.25) is 9.59 Å². The summed E-state index contributed by atoms with van der Waals surface area (Å²) < 4.78 is 215. The van der Waals surface area contributed by atoms with Crippen molar-refractivity contribution in [3.05, 3.63) is 112 Å². The van der Waals surface area contributed by atoms with E-state index < -0.39 is 50.4 Å². The molecule has 6 unspecified atom stereocenters. The van der Waals surface area contributed by atoms with Crippen LogP contribution in [-0.2, 0) is 50.9 Å². The summed E-state index contributed by atoms with van der Waals surface area (Å²) in [4.78, 5) is 23.7. The number of phenolic OH excluding ortho intramolecular Hbond substituents is 2. The van der Waals surface area contributed by atoms with Crippen LogP contribution in [0, 0.1) is 89.2 Å². The number of rotatable bonds is 23. The van der Waals surface area contributed by atoms with Gasteiger partial charge in [0.25, 0.3) is 0 Å². The standard InChI is InChI=1S/C23H33F3O4.C19H28O4.C19H27O4.C13H17F3O2.C13H15F3O2.C4H6BrF3.Li/c1-15-16(2)22(30-20-11-5-7-14-28-20)18(9-8-12-23(24,25)26)17(3)21(15)29-19-10-4-6-13-27-19;2*1-13-12-16(22-17-8-4-6-10-20-17)14(2)15(3)19(13)23-18-9-5-7-11-21-18;2*1-7-8(2)12(18)10(9(3)11(7)17)5-4-6-13(14,15)16;5-3-1-2-4(6,7)8;/h19-20H,4-14H2,1-3H3;12,17-18H,4-11H2,1-3H3;17-18H,4-11H2,1-3H3;17-18H,4-6H2,1-3H3;4-6H2,1-3H3;1-3H2;/q;;-1;;;;+1. The molecule has 121 heavy (non-hydrogen) atoms. The van der Waals surface area contributed by atoms with Crippen molar-refractivity contribution in [2.45, 2.75) is 353 Å². The van der Waals surface area contributed by atoms with Gasteiger partial charge in [-0.05, 0) is 261 Å². The summed E-state index contributed by atoms with van der Waals surface area (Å²) in [6.07, 6.45) is -2.12. The fourth-order valence-corrected chi connectivity index (χ4v) is 14.9. The zero-order chi connectivity index (χ0) is 89.0. The van der Waals surface area contributed by atoms with E-state index in [9.17, 15) is 72.5 Å². The molecule has 6 fully saturated rings. The van der Waals surface area contributed by atoms with Gasteiger partial charge in [0.2, 0.25) is 0 Å². The molecule has 0 aromatic heterocycles. The van der Waals surface area contributed by atoms with E-state index >= 15 is 0 Å². The number of hydrogen-bond donors (Lipinski definition) is 2. The van der Waals surface area contributed by atoms with Gasteiger partial charge in [-0.1, -0.05) is 36.7 Å². The molecular weight excluding hydrogens is 1660 g/mol. The van der Waals surface area contributed by atoms with Gasteiger partial charge in [-0.25, -0.2) is 0 Å². The Morgan fingerprint density at radius 3 is 1.11 bits per heavy atom. The smallest absolute Gasteiger partial charge is 0.525 e. The van der Waals surface area contributed by atoms with Gasteiger partial charge in [-0.15, -0.1) is 22.8 Å². The number of aryl methyl sites for hydroxylation is 2. The van der Waals surface area contributed by atoms with Crippen molar-refractivity contribution in [3.63, 3.8) is 0 Å². The van der Waals surface area contributed by atoms with E-state index in [-0.39, 0.29) is 136 Å². The van der Waals surface area contributed by atoms with E-state index in [1.165, 1.54) is 26.7 Å². The van der Waals surface area contributed by atoms with Gasteiger partial charge in [-0.2, -0.15) is 52.7 Å². The summed E-state index contributed by atoms with van der Waals surface area (Å²) in [7, 11) is 0. The Balaban J connectivity index is 0.000000265. The average molecular weight is 1790 g/mol. The number of allylic oxidation sites excluding steroid dienone is 4. The second-order valence-electron chi connectivity index (χ2n) is 31.8. The Bertz CT molecular complexity index is 3860. The average Bonchev–Trinajstić information content (AvgIpc) is 0.772. The van der Waals surface area contributed by atoms with E-state index in [4.69, 9.17) is 56.8 Å². The molecule has 0 spiro atoms. The van der Waals surface area contributed by atoms with E-state index in [0.29, 0.717) is 63.4 Å². The molecule has 6 saturated heterocycles. The molecule has 678 valence electrons. The number of hydrogen-bond acceptors (Lipinski definition) is 16. The van der Waals surface area contributed by atoms with E-state index in [1.807, 2.05) is 27.7 Å². The van der Waals surface area contributed by atoms with Crippen molar-refractivity contribution in [1.82, 2.24) is 0 Å². The summed E-state index contributed by atoms with van der Waals surface area (Å²) in [5, 5.41) is 20.2. The van der Waals surface area contributed by atoms with Gasteiger partial charge >= 0.3 is 43.6 Å². The van der Waals surface area contributed by atoms with Gasteiger partial charge in [0.05, 0.1) is 39.6 Å². The molecule has 4 aromatic rings. The van der Waals surface area contributed by atoms with Crippen LogP contribution in [0.25, 0.3) is 0 Å². The molecule has 7 aliphatic rings. The summed E-state index contributed by atoms with van der Waals surface area (Å²) >= 11 is 2.90. The normalized spacial score (nSPS) is 20.4. The molecule has 0 amide bonds. The summed E-state index contributed by atoms with van der Waals surface area (Å²) in [6, 6.07) is 5.41. The first-order chi connectivity index (χ1) is 56.4. The van der Waals surface area contributed by atoms with Crippen LogP contribution in [0.1, 0.15) is 272 Å². The zero-order valence-electron chi connectivity index (χ0n) is 73.5. The molecule has 0 radical (unpaired) electrons. The molecule has 2 N–H and O–H groups in total. The number of ether oxygens (including phenoxy) is 12. The number of aromatic hydroxyl groups is 2. The first-order valence-electron chi connectivity index (χ1n) is 42.2. The van der Waals surface area contributed by atoms with Crippen LogP contribution < -0.4 is 47.3 Å². The molecule has 0 bridgehead atoms. The van der Waals surface area contributed by atoms with Crippen LogP contribution in [0.5, 0.6) is 46.0 Å². The Morgan fingerprint density at radius 2 is 0.702 bits per heavy atom. The number of alkyl halides is 13. The minimum Gasteiger partial charge on any atom is -0.525 e. The molecule has 1 aliphatic carbocycles.